The number of aryl methyl sites for hydroxylation is 2. The Morgan fingerprint density at radius 2 is 2.16 bits per heavy atom. The molecule has 0 spiro atoms. The van der Waals surface area contributed by atoms with Crippen LogP contribution < -0.4 is 5.32 Å². The number of allylic oxidation sites excluding steroid dienone is 2. The third kappa shape index (κ3) is 8.10. The van der Waals surface area contributed by atoms with Gasteiger partial charge in [0, 0.05) is 37.3 Å². The SMILES string of the molecule is CCNC(=O)CCCC=CCC1C(O)CC(O)C1C=CC(CCc1scc(C)c1F)OC. The maximum absolute atomic E-state index is 14.0. The van der Waals surface area contributed by atoms with Crippen molar-refractivity contribution in [3.63, 3.8) is 0 Å². The number of ether oxygens (including phenoxy) is 1. The third-order valence-corrected chi connectivity index (χ3v) is 7.25. The zero-order chi connectivity index (χ0) is 23.5. The number of carbonyl (C=O) groups excluding carboxylic acids is 1. The number of unbranched alkanes of at least 4 members (excludes halogenated alkanes) is 1. The summed E-state index contributed by atoms with van der Waals surface area (Å²) in [6.07, 6.45) is 11.1. The van der Waals surface area contributed by atoms with Crippen LogP contribution in [0.5, 0.6) is 0 Å². The van der Waals surface area contributed by atoms with Gasteiger partial charge in [-0.05, 0) is 62.8 Å². The van der Waals surface area contributed by atoms with Crippen molar-refractivity contribution in [1.29, 1.82) is 0 Å². The highest BCUT2D eigenvalue weighted by atomic mass is 32.1. The van der Waals surface area contributed by atoms with Gasteiger partial charge in [0.05, 0.1) is 18.3 Å². The Bertz CT molecular complexity index is 763. The second kappa shape index (κ2) is 13.9. The normalized spacial score (nSPS) is 24.6. The van der Waals surface area contributed by atoms with Crippen LogP contribution in [0, 0.1) is 24.6 Å². The molecule has 1 aliphatic carbocycles. The number of aliphatic hydroxyl groups is 2. The van der Waals surface area contributed by atoms with Crippen LogP contribution in [0.4, 0.5) is 4.39 Å². The largest absolute Gasteiger partial charge is 0.393 e. The summed E-state index contributed by atoms with van der Waals surface area (Å²) in [7, 11) is 1.63. The van der Waals surface area contributed by atoms with E-state index in [2.05, 4.69) is 5.32 Å². The Balaban J connectivity index is 1.85. The molecule has 1 saturated carbocycles. The number of nitrogens with one attached hydrogen (secondary N) is 1. The van der Waals surface area contributed by atoms with Crippen molar-refractivity contribution in [3.05, 3.63) is 45.9 Å². The number of rotatable bonds is 13. The van der Waals surface area contributed by atoms with Crippen LogP contribution in [0.15, 0.2) is 29.7 Å². The number of methoxy groups -OCH3 is 1. The Hall–Kier alpha value is -1.54. The lowest BCUT2D eigenvalue weighted by Crippen LogP contribution is -2.21. The fraction of sp³-hybridized carbons (Fsp3) is 0.640. The maximum Gasteiger partial charge on any atom is 0.219 e. The van der Waals surface area contributed by atoms with E-state index < -0.39 is 12.2 Å². The van der Waals surface area contributed by atoms with Crippen molar-refractivity contribution in [2.45, 2.75) is 77.1 Å². The van der Waals surface area contributed by atoms with E-state index in [9.17, 15) is 19.4 Å². The smallest absolute Gasteiger partial charge is 0.219 e. The molecule has 0 aromatic carbocycles. The minimum absolute atomic E-state index is 0.0595. The topological polar surface area (TPSA) is 78.8 Å². The van der Waals surface area contributed by atoms with Crippen LogP contribution >= 0.6 is 11.3 Å². The van der Waals surface area contributed by atoms with Crippen LogP contribution in [0.25, 0.3) is 0 Å². The molecular weight excluding hydrogens is 429 g/mol. The summed E-state index contributed by atoms with van der Waals surface area (Å²) >= 11 is 1.43. The molecule has 1 heterocycles. The average molecular weight is 468 g/mol. The molecule has 1 amide bonds. The van der Waals surface area contributed by atoms with Crippen LogP contribution in [-0.2, 0) is 16.0 Å². The van der Waals surface area contributed by atoms with Crippen molar-refractivity contribution < 1.29 is 24.1 Å². The third-order valence-electron chi connectivity index (χ3n) is 6.12. The minimum atomic E-state index is -0.590. The first-order chi connectivity index (χ1) is 15.4. The molecule has 32 heavy (non-hydrogen) atoms. The van der Waals surface area contributed by atoms with Gasteiger partial charge in [-0.1, -0.05) is 24.3 Å². The highest BCUT2D eigenvalue weighted by Crippen LogP contribution is 2.36. The van der Waals surface area contributed by atoms with Gasteiger partial charge in [-0.2, -0.15) is 0 Å². The summed E-state index contributed by atoms with van der Waals surface area (Å²) in [4.78, 5) is 12.2. The van der Waals surface area contributed by atoms with Gasteiger partial charge in [-0.25, -0.2) is 4.39 Å². The molecule has 5 unspecified atom stereocenters. The van der Waals surface area contributed by atoms with Crippen molar-refractivity contribution in [3.8, 4) is 0 Å². The lowest BCUT2D eigenvalue weighted by atomic mass is 9.89. The zero-order valence-corrected chi connectivity index (χ0v) is 20.2. The first-order valence-electron chi connectivity index (χ1n) is 11.6. The zero-order valence-electron chi connectivity index (χ0n) is 19.4. The Labute approximate surface area is 195 Å². The molecule has 0 radical (unpaired) electrons. The van der Waals surface area contributed by atoms with Gasteiger partial charge in [0.15, 0.2) is 0 Å². The van der Waals surface area contributed by atoms with Crippen molar-refractivity contribution in [2.24, 2.45) is 11.8 Å². The van der Waals surface area contributed by atoms with Gasteiger partial charge >= 0.3 is 0 Å². The lowest BCUT2D eigenvalue weighted by Gasteiger charge is -2.20. The lowest BCUT2D eigenvalue weighted by molar-refractivity contribution is -0.121. The summed E-state index contributed by atoms with van der Waals surface area (Å²) in [5.74, 6) is -0.259. The van der Waals surface area contributed by atoms with Crippen LogP contribution in [0.3, 0.4) is 0 Å². The van der Waals surface area contributed by atoms with Crippen molar-refractivity contribution in [1.82, 2.24) is 5.32 Å². The van der Waals surface area contributed by atoms with E-state index in [1.54, 1.807) is 14.0 Å². The molecular formula is C25H38FNO4S. The molecule has 5 atom stereocenters. The highest BCUT2D eigenvalue weighted by molar-refractivity contribution is 7.10. The number of amides is 1. The van der Waals surface area contributed by atoms with Crippen LogP contribution in [-0.4, -0.2) is 48.1 Å². The molecule has 0 aliphatic heterocycles. The number of hydrogen-bond acceptors (Lipinski definition) is 5. The first-order valence-corrected chi connectivity index (χ1v) is 12.5. The number of carbonyl (C=O) groups is 1. The van der Waals surface area contributed by atoms with Gasteiger partial charge in [-0.15, -0.1) is 11.3 Å². The van der Waals surface area contributed by atoms with Gasteiger partial charge < -0.3 is 20.3 Å². The monoisotopic (exact) mass is 467 g/mol. The van der Waals surface area contributed by atoms with E-state index in [-0.39, 0.29) is 29.7 Å². The molecule has 1 aromatic rings. The second-order valence-electron chi connectivity index (χ2n) is 8.52. The Morgan fingerprint density at radius 1 is 1.38 bits per heavy atom. The Morgan fingerprint density at radius 3 is 2.81 bits per heavy atom. The standard InChI is InChI=1S/C25H38FNO4S/c1-4-27-24(30)10-8-6-5-7-9-19-20(22(29)15-21(19)28)13-11-18(31-3)12-14-23-25(26)17(2)16-32-23/h5,7,11,13,16,18-22,28-29H,4,6,8-10,12,14-15H2,1-3H3,(H,27,30). The predicted molar refractivity (Wildman–Crippen MR) is 127 cm³/mol. The molecule has 5 nitrogen and oxygen atoms in total. The molecule has 1 aliphatic rings. The van der Waals surface area contributed by atoms with E-state index in [1.807, 2.05) is 36.6 Å². The molecule has 0 saturated heterocycles. The molecule has 0 bridgehead atoms. The summed E-state index contributed by atoms with van der Waals surface area (Å²) in [6.45, 7) is 4.33. The number of halogens is 1. The van der Waals surface area contributed by atoms with Crippen LogP contribution in [0.2, 0.25) is 0 Å². The van der Waals surface area contributed by atoms with Crippen molar-refractivity contribution in [2.75, 3.05) is 13.7 Å². The van der Waals surface area contributed by atoms with Gasteiger partial charge in [0.25, 0.3) is 0 Å². The van der Waals surface area contributed by atoms with Gasteiger partial charge in [0.1, 0.15) is 5.82 Å². The van der Waals surface area contributed by atoms with E-state index in [0.29, 0.717) is 44.2 Å². The van der Waals surface area contributed by atoms with E-state index in [0.717, 1.165) is 17.7 Å². The molecule has 3 N–H and O–H groups in total. The minimum Gasteiger partial charge on any atom is -0.393 e. The molecule has 2 rings (SSSR count). The van der Waals surface area contributed by atoms with E-state index in [1.165, 1.54) is 11.3 Å². The molecule has 7 heteroatoms. The maximum atomic E-state index is 14.0. The highest BCUT2D eigenvalue weighted by Gasteiger charge is 2.39. The van der Waals surface area contributed by atoms with Gasteiger partial charge in [-0.3, -0.25) is 4.79 Å². The van der Waals surface area contributed by atoms with Gasteiger partial charge in [0.2, 0.25) is 5.91 Å². The molecule has 180 valence electrons. The summed E-state index contributed by atoms with van der Waals surface area (Å²) in [5, 5.41) is 25.5. The predicted octanol–water partition coefficient (Wildman–Crippen LogP) is 4.31. The molecule has 1 fully saturated rings. The number of thiophene rings is 1. The summed E-state index contributed by atoms with van der Waals surface area (Å²) < 4.78 is 19.6. The van der Waals surface area contributed by atoms with E-state index >= 15 is 0 Å². The number of aliphatic hydroxyl groups excluding tert-OH is 2. The average Bonchev–Trinajstić information content (AvgIpc) is 3.22. The fourth-order valence-corrected chi connectivity index (χ4v) is 5.14. The Kier molecular flexibility index (Phi) is 11.6. The first kappa shape index (κ1) is 26.7. The second-order valence-corrected chi connectivity index (χ2v) is 9.48. The van der Waals surface area contributed by atoms with Crippen LogP contribution in [0.1, 0.15) is 55.9 Å². The quantitative estimate of drug-likeness (QED) is 0.298. The van der Waals surface area contributed by atoms with Crippen molar-refractivity contribution >= 4 is 17.2 Å². The number of hydrogen-bond donors (Lipinski definition) is 3. The fourth-order valence-electron chi connectivity index (χ4n) is 4.21. The summed E-state index contributed by atoms with van der Waals surface area (Å²) in [5.41, 5.74) is 0.678. The van der Waals surface area contributed by atoms with E-state index in [4.69, 9.17) is 4.74 Å². The summed E-state index contributed by atoms with van der Waals surface area (Å²) in [6, 6.07) is 0. The molecule has 1 aromatic heterocycles.